The van der Waals surface area contributed by atoms with Gasteiger partial charge >= 0.3 is 0 Å². The number of hydrogen-bond acceptors (Lipinski definition) is 2. The van der Waals surface area contributed by atoms with Crippen LogP contribution in [0.1, 0.15) is 32.3 Å². The maximum atomic E-state index is 6.22. The highest BCUT2D eigenvalue weighted by atomic mass is 35.5. The zero-order chi connectivity index (χ0) is 13.5. The smallest absolute Gasteiger partial charge is 0.124 e. The van der Waals surface area contributed by atoms with Gasteiger partial charge in [-0.15, -0.1) is 0 Å². The molecule has 1 aromatic rings. The molecule has 0 aliphatic heterocycles. The standard InChI is InChI=1S/C15H22ClNO/c1-4-11(3)10-18-15-8-6-7-14(16)13(15)9-12(17)5-2/h6-8,12H,3-5,9-10,17H2,1-2H3. The molecule has 1 aromatic carbocycles. The highest BCUT2D eigenvalue weighted by molar-refractivity contribution is 6.31. The normalized spacial score (nSPS) is 12.2. The SMILES string of the molecule is C=C(CC)COc1cccc(Cl)c1CC(N)CC. The number of benzene rings is 1. The lowest BCUT2D eigenvalue weighted by molar-refractivity contribution is 0.344. The van der Waals surface area contributed by atoms with E-state index in [1.807, 2.05) is 18.2 Å². The third-order valence-corrected chi connectivity index (χ3v) is 3.35. The lowest BCUT2D eigenvalue weighted by Gasteiger charge is -2.16. The summed E-state index contributed by atoms with van der Waals surface area (Å²) in [7, 11) is 0. The zero-order valence-corrected chi connectivity index (χ0v) is 12.0. The molecule has 0 aliphatic rings. The molecule has 0 bridgehead atoms. The summed E-state index contributed by atoms with van der Waals surface area (Å²) in [6.45, 7) is 8.61. The molecule has 0 radical (unpaired) electrons. The van der Waals surface area contributed by atoms with E-state index in [9.17, 15) is 0 Å². The molecular formula is C15H22ClNO. The van der Waals surface area contributed by atoms with Crippen molar-refractivity contribution in [2.24, 2.45) is 5.73 Å². The second-order valence-corrected chi connectivity index (χ2v) is 4.89. The summed E-state index contributed by atoms with van der Waals surface area (Å²) in [6, 6.07) is 5.82. The highest BCUT2D eigenvalue weighted by Crippen LogP contribution is 2.28. The van der Waals surface area contributed by atoms with Crippen LogP contribution >= 0.6 is 11.6 Å². The van der Waals surface area contributed by atoms with Crippen LogP contribution in [0.2, 0.25) is 5.02 Å². The summed E-state index contributed by atoms with van der Waals surface area (Å²) in [5, 5.41) is 0.721. The van der Waals surface area contributed by atoms with Crippen molar-refractivity contribution in [1.82, 2.24) is 0 Å². The molecule has 1 rings (SSSR count). The van der Waals surface area contributed by atoms with Gasteiger partial charge in [0, 0.05) is 16.6 Å². The van der Waals surface area contributed by atoms with E-state index in [4.69, 9.17) is 22.1 Å². The Hall–Kier alpha value is -0.990. The van der Waals surface area contributed by atoms with Gasteiger partial charge in [0.25, 0.3) is 0 Å². The van der Waals surface area contributed by atoms with Crippen LogP contribution in [0.25, 0.3) is 0 Å². The maximum absolute atomic E-state index is 6.22. The summed E-state index contributed by atoms with van der Waals surface area (Å²) in [6.07, 6.45) is 2.58. The highest BCUT2D eigenvalue weighted by Gasteiger charge is 2.11. The van der Waals surface area contributed by atoms with Crippen LogP contribution in [0.15, 0.2) is 30.4 Å². The molecule has 0 heterocycles. The van der Waals surface area contributed by atoms with Gasteiger partial charge < -0.3 is 10.5 Å². The van der Waals surface area contributed by atoms with Gasteiger partial charge in [0.15, 0.2) is 0 Å². The second kappa shape index (κ2) is 7.45. The van der Waals surface area contributed by atoms with Gasteiger partial charge in [0.1, 0.15) is 12.4 Å². The molecule has 0 amide bonds. The second-order valence-electron chi connectivity index (χ2n) is 4.48. The first-order valence-electron chi connectivity index (χ1n) is 6.40. The Labute approximate surface area is 115 Å². The van der Waals surface area contributed by atoms with Gasteiger partial charge in [-0.2, -0.15) is 0 Å². The monoisotopic (exact) mass is 267 g/mol. The molecule has 0 aromatic heterocycles. The summed E-state index contributed by atoms with van der Waals surface area (Å²) in [5.74, 6) is 0.820. The summed E-state index contributed by atoms with van der Waals surface area (Å²) in [5.41, 5.74) is 8.06. The van der Waals surface area contributed by atoms with Crippen LogP contribution in [0.5, 0.6) is 5.75 Å². The molecule has 3 heteroatoms. The lowest BCUT2D eigenvalue weighted by Crippen LogP contribution is -2.22. The van der Waals surface area contributed by atoms with E-state index in [-0.39, 0.29) is 6.04 Å². The number of rotatable bonds is 7. The van der Waals surface area contributed by atoms with Crippen molar-refractivity contribution in [1.29, 1.82) is 0 Å². The first kappa shape index (κ1) is 15.1. The molecule has 0 saturated heterocycles. The van der Waals surface area contributed by atoms with E-state index in [1.165, 1.54) is 0 Å². The van der Waals surface area contributed by atoms with Crippen molar-refractivity contribution in [3.05, 3.63) is 40.9 Å². The minimum atomic E-state index is 0.113. The fourth-order valence-electron chi connectivity index (χ4n) is 1.56. The van der Waals surface area contributed by atoms with Crippen LogP contribution in [0.4, 0.5) is 0 Å². The number of nitrogens with two attached hydrogens (primary N) is 1. The third kappa shape index (κ3) is 4.35. The van der Waals surface area contributed by atoms with Crippen LogP contribution < -0.4 is 10.5 Å². The largest absolute Gasteiger partial charge is 0.489 e. The molecule has 18 heavy (non-hydrogen) atoms. The Kier molecular flexibility index (Phi) is 6.23. The Balaban J connectivity index is 2.82. The number of halogens is 1. The van der Waals surface area contributed by atoms with E-state index in [0.717, 1.165) is 41.2 Å². The van der Waals surface area contributed by atoms with Crippen LogP contribution in [0.3, 0.4) is 0 Å². The molecule has 1 atom stereocenters. The minimum absolute atomic E-state index is 0.113. The Morgan fingerprint density at radius 2 is 2.17 bits per heavy atom. The predicted molar refractivity (Wildman–Crippen MR) is 78.3 cm³/mol. The molecule has 2 N–H and O–H groups in total. The average molecular weight is 268 g/mol. The zero-order valence-electron chi connectivity index (χ0n) is 11.2. The van der Waals surface area contributed by atoms with Gasteiger partial charge in [0.05, 0.1) is 0 Å². The van der Waals surface area contributed by atoms with Crippen LogP contribution in [-0.4, -0.2) is 12.6 Å². The van der Waals surface area contributed by atoms with E-state index < -0.39 is 0 Å². The van der Waals surface area contributed by atoms with Gasteiger partial charge in [-0.1, -0.05) is 38.1 Å². The van der Waals surface area contributed by atoms with Crippen LogP contribution in [-0.2, 0) is 6.42 Å². The molecule has 0 fully saturated rings. The molecule has 0 saturated carbocycles. The quantitative estimate of drug-likeness (QED) is 0.759. The van der Waals surface area contributed by atoms with Crippen molar-refractivity contribution in [2.45, 2.75) is 39.2 Å². The van der Waals surface area contributed by atoms with Gasteiger partial charge in [-0.25, -0.2) is 0 Å². The minimum Gasteiger partial charge on any atom is -0.489 e. The molecule has 0 aliphatic carbocycles. The van der Waals surface area contributed by atoms with E-state index >= 15 is 0 Å². The first-order valence-corrected chi connectivity index (χ1v) is 6.78. The molecular weight excluding hydrogens is 246 g/mol. The molecule has 1 unspecified atom stereocenters. The Bertz CT molecular complexity index is 403. The molecule has 0 spiro atoms. The molecule has 100 valence electrons. The number of hydrogen-bond donors (Lipinski definition) is 1. The Morgan fingerprint density at radius 3 is 2.78 bits per heavy atom. The van der Waals surface area contributed by atoms with E-state index in [1.54, 1.807) is 0 Å². The fourth-order valence-corrected chi connectivity index (χ4v) is 1.80. The average Bonchev–Trinajstić information content (AvgIpc) is 2.38. The topological polar surface area (TPSA) is 35.2 Å². The summed E-state index contributed by atoms with van der Waals surface area (Å²) in [4.78, 5) is 0. The molecule has 2 nitrogen and oxygen atoms in total. The third-order valence-electron chi connectivity index (χ3n) is 3.00. The maximum Gasteiger partial charge on any atom is 0.124 e. The predicted octanol–water partition coefficient (Wildman–Crippen LogP) is 3.96. The van der Waals surface area contributed by atoms with Crippen molar-refractivity contribution >= 4 is 11.6 Å². The fraction of sp³-hybridized carbons (Fsp3) is 0.467. The van der Waals surface area contributed by atoms with E-state index in [2.05, 4.69) is 20.4 Å². The van der Waals surface area contributed by atoms with Gasteiger partial charge in [-0.3, -0.25) is 0 Å². The number of ether oxygens (including phenoxy) is 1. The first-order chi connectivity index (χ1) is 8.58. The summed E-state index contributed by atoms with van der Waals surface area (Å²) < 4.78 is 5.78. The van der Waals surface area contributed by atoms with E-state index in [0.29, 0.717) is 6.61 Å². The van der Waals surface area contributed by atoms with Gasteiger partial charge in [0.2, 0.25) is 0 Å². The van der Waals surface area contributed by atoms with Gasteiger partial charge in [-0.05, 0) is 37.0 Å². The van der Waals surface area contributed by atoms with Crippen molar-refractivity contribution < 1.29 is 4.74 Å². The Morgan fingerprint density at radius 1 is 1.44 bits per heavy atom. The van der Waals surface area contributed by atoms with Crippen molar-refractivity contribution in [2.75, 3.05) is 6.61 Å². The van der Waals surface area contributed by atoms with Crippen molar-refractivity contribution in [3.8, 4) is 5.75 Å². The van der Waals surface area contributed by atoms with Crippen LogP contribution in [0, 0.1) is 0 Å². The van der Waals surface area contributed by atoms with Crippen molar-refractivity contribution in [3.63, 3.8) is 0 Å². The summed E-state index contributed by atoms with van der Waals surface area (Å²) >= 11 is 6.22. The lowest BCUT2D eigenvalue weighted by atomic mass is 10.0.